The van der Waals surface area contributed by atoms with Gasteiger partial charge in [-0.3, -0.25) is 9.59 Å². The molecule has 0 aromatic heterocycles. The predicted molar refractivity (Wildman–Crippen MR) is 105 cm³/mol. The molecule has 0 unspecified atom stereocenters. The molecule has 0 spiro atoms. The Hall–Kier alpha value is -2.33. The maximum Gasteiger partial charge on any atom is 0.242 e. The van der Waals surface area contributed by atoms with Crippen LogP contribution in [0.1, 0.15) is 31.9 Å². The third kappa shape index (κ3) is 5.88. The molecule has 0 aliphatic heterocycles. The summed E-state index contributed by atoms with van der Waals surface area (Å²) < 4.78 is 0. The van der Waals surface area contributed by atoms with Crippen LogP contribution in [0.25, 0.3) is 0 Å². The molecule has 1 N–H and O–H groups in total. The van der Waals surface area contributed by atoms with Crippen LogP contribution in [0.2, 0.25) is 5.02 Å². The summed E-state index contributed by atoms with van der Waals surface area (Å²) in [4.78, 5) is 27.0. The lowest BCUT2D eigenvalue weighted by molar-refractivity contribution is -0.140. The van der Waals surface area contributed by atoms with E-state index in [4.69, 9.17) is 11.6 Å². The lowest BCUT2D eigenvalue weighted by Crippen LogP contribution is -2.49. The van der Waals surface area contributed by atoms with Crippen molar-refractivity contribution in [2.24, 2.45) is 0 Å². The topological polar surface area (TPSA) is 49.4 Å². The normalized spacial score (nSPS) is 11.9. The Labute approximate surface area is 160 Å². The van der Waals surface area contributed by atoms with Gasteiger partial charge in [0.25, 0.3) is 0 Å². The number of nitrogens with zero attached hydrogens (tertiary/aromatic N) is 1. The summed E-state index contributed by atoms with van der Waals surface area (Å²) in [6.07, 6.45) is 0.251. The smallest absolute Gasteiger partial charge is 0.242 e. The van der Waals surface area contributed by atoms with Gasteiger partial charge >= 0.3 is 0 Å². The molecule has 2 aromatic rings. The molecule has 2 amide bonds. The number of benzene rings is 2. The zero-order chi connectivity index (χ0) is 19.1. The van der Waals surface area contributed by atoms with Gasteiger partial charge in [0.1, 0.15) is 6.04 Å². The minimum Gasteiger partial charge on any atom is -0.352 e. The lowest BCUT2D eigenvalue weighted by atomic mass is 10.1. The van der Waals surface area contributed by atoms with Crippen LogP contribution in [0.5, 0.6) is 0 Å². The van der Waals surface area contributed by atoms with Crippen LogP contribution in [-0.2, 0) is 22.6 Å². The van der Waals surface area contributed by atoms with Crippen LogP contribution in [0.3, 0.4) is 0 Å². The van der Waals surface area contributed by atoms with Crippen LogP contribution in [0, 0.1) is 0 Å². The van der Waals surface area contributed by atoms with Crippen molar-refractivity contribution in [3.63, 3.8) is 0 Å². The molecular formula is C21H25ClN2O2. The molecular weight excluding hydrogens is 348 g/mol. The van der Waals surface area contributed by atoms with E-state index in [0.29, 0.717) is 11.6 Å². The van der Waals surface area contributed by atoms with E-state index in [1.807, 2.05) is 62.4 Å². The van der Waals surface area contributed by atoms with Gasteiger partial charge in [0.05, 0.1) is 6.42 Å². The molecule has 26 heavy (non-hydrogen) atoms. The van der Waals surface area contributed by atoms with Crippen molar-refractivity contribution in [2.45, 2.75) is 45.8 Å². The number of hydrogen-bond acceptors (Lipinski definition) is 2. The number of hydrogen-bond donors (Lipinski definition) is 1. The Morgan fingerprint density at radius 1 is 1.00 bits per heavy atom. The molecule has 0 radical (unpaired) electrons. The summed E-state index contributed by atoms with van der Waals surface area (Å²) in [6, 6.07) is 16.3. The predicted octanol–water partition coefficient (Wildman–Crippen LogP) is 3.82. The van der Waals surface area contributed by atoms with Crippen LogP contribution in [0.15, 0.2) is 54.6 Å². The van der Waals surface area contributed by atoms with Crippen LogP contribution in [0.4, 0.5) is 0 Å². The van der Waals surface area contributed by atoms with Crippen molar-refractivity contribution in [3.05, 3.63) is 70.7 Å². The largest absolute Gasteiger partial charge is 0.352 e. The van der Waals surface area contributed by atoms with E-state index in [0.717, 1.165) is 11.1 Å². The van der Waals surface area contributed by atoms with Crippen LogP contribution < -0.4 is 5.32 Å². The highest BCUT2D eigenvalue weighted by Gasteiger charge is 2.26. The number of carbonyl (C=O) groups excluding carboxylic acids is 2. The highest BCUT2D eigenvalue weighted by molar-refractivity contribution is 6.30. The first-order valence-electron chi connectivity index (χ1n) is 8.75. The fourth-order valence-electron chi connectivity index (χ4n) is 2.69. The van der Waals surface area contributed by atoms with E-state index in [2.05, 4.69) is 5.32 Å². The monoisotopic (exact) mass is 372 g/mol. The quantitative estimate of drug-likeness (QED) is 0.803. The van der Waals surface area contributed by atoms with E-state index in [9.17, 15) is 9.59 Å². The number of halogens is 1. The van der Waals surface area contributed by atoms with Gasteiger partial charge in [-0.2, -0.15) is 0 Å². The molecule has 0 bridgehead atoms. The van der Waals surface area contributed by atoms with Crippen molar-refractivity contribution in [1.82, 2.24) is 10.2 Å². The average molecular weight is 373 g/mol. The van der Waals surface area contributed by atoms with Gasteiger partial charge < -0.3 is 10.2 Å². The first-order chi connectivity index (χ1) is 12.4. The fourth-order valence-corrected chi connectivity index (χ4v) is 2.90. The van der Waals surface area contributed by atoms with Crippen molar-refractivity contribution >= 4 is 23.4 Å². The Morgan fingerprint density at radius 3 is 2.27 bits per heavy atom. The molecule has 0 aliphatic rings. The van der Waals surface area contributed by atoms with Crippen molar-refractivity contribution in [3.8, 4) is 0 Å². The SMILES string of the molecule is CC(C)NC(=O)[C@H](C)N(Cc1cccc(Cl)c1)C(=O)Cc1ccccc1. The summed E-state index contributed by atoms with van der Waals surface area (Å²) in [5.74, 6) is -0.258. The summed E-state index contributed by atoms with van der Waals surface area (Å²) in [6.45, 7) is 5.89. The number of nitrogens with one attached hydrogen (secondary N) is 1. The van der Waals surface area contributed by atoms with Gasteiger partial charge in [0.2, 0.25) is 11.8 Å². The van der Waals surface area contributed by atoms with Gasteiger partial charge in [-0.1, -0.05) is 54.1 Å². The van der Waals surface area contributed by atoms with E-state index < -0.39 is 6.04 Å². The van der Waals surface area contributed by atoms with E-state index >= 15 is 0 Å². The van der Waals surface area contributed by atoms with Crippen molar-refractivity contribution in [2.75, 3.05) is 0 Å². The minimum absolute atomic E-state index is 0.0159. The minimum atomic E-state index is -0.576. The third-order valence-corrected chi connectivity index (χ3v) is 4.27. The van der Waals surface area contributed by atoms with E-state index in [1.165, 1.54) is 0 Å². The molecule has 0 saturated heterocycles. The zero-order valence-electron chi connectivity index (χ0n) is 15.4. The molecule has 138 valence electrons. The summed E-state index contributed by atoms with van der Waals surface area (Å²) in [7, 11) is 0. The highest BCUT2D eigenvalue weighted by atomic mass is 35.5. The first kappa shape index (κ1) is 20.0. The van der Waals surface area contributed by atoms with Crippen molar-refractivity contribution < 1.29 is 9.59 Å². The molecule has 4 nitrogen and oxygen atoms in total. The number of amides is 2. The van der Waals surface area contributed by atoms with Crippen molar-refractivity contribution in [1.29, 1.82) is 0 Å². The zero-order valence-corrected chi connectivity index (χ0v) is 16.2. The molecule has 5 heteroatoms. The fraction of sp³-hybridized carbons (Fsp3) is 0.333. The first-order valence-corrected chi connectivity index (χ1v) is 9.13. The Morgan fingerprint density at radius 2 is 1.65 bits per heavy atom. The van der Waals surface area contributed by atoms with E-state index in [-0.39, 0.29) is 24.3 Å². The molecule has 0 aliphatic carbocycles. The molecule has 2 aromatic carbocycles. The van der Waals surface area contributed by atoms with Crippen LogP contribution >= 0.6 is 11.6 Å². The lowest BCUT2D eigenvalue weighted by Gasteiger charge is -2.29. The molecule has 0 heterocycles. The number of carbonyl (C=O) groups is 2. The second-order valence-electron chi connectivity index (χ2n) is 6.65. The van der Waals surface area contributed by atoms with Gasteiger partial charge in [-0.25, -0.2) is 0 Å². The van der Waals surface area contributed by atoms with Gasteiger partial charge in [0.15, 0.2) is 0 Å². The summed E-state index contributed by atoms with van der Waals surface area (Å²) in [5.41, 5.74) is 1.81. The molecule has 2 rings (SSSR count). The Balaban J connectivity index is 2.22. The summed E-state index contributed by atoms with van der Waals surface area (Å²) in [5, 5.41) is 3.49. The molecule has 0 saturated carbocycles. The number of rotatable bonds is 7. The molecule has 1 atom stereocenters. The standard InChI is InChI=1S/C21H25ClN2O2/c1-15(2)23-21(26)16(3)24(14-18-10-7-11-19(22)12-18)20(25)13-17-8-5-4-6-9-17/h4-12,15-16H,13-14H2,1-3H3,(H,23,26)/t16-/m0/s1. The van der Waals surface area contributed by atoms with Gasteiger partial charge in [-0.15, -0.1) is 0 Å². The maximum atomic E-state index is 12.9. The van der Waals surface area contributed by atoms with Crippen LogP contribution in [-0.4, -0.2) is 28.8 Å². The average Bonchev–Trinajstić information content (AvgIpc) is 2.59. The second kappa shape index (κ2) is 9.39. The maximum absolute atomic E-state index is 12.9. The van der Waals surface area contributed by atoms with Gasteiger partial charge in [0, 0.05) is 17.6 Å². The Kier molecular flexibility index (Phi) is 7.22. The Bertz CT molecular complexity index is 747. The summed E-state index contributed by atoms with van der Waals surface area (Å²) >= 11 is 6.07. The van der Waals surface area contributed by atoms with Gasteiger partial charge in [-0.05, 0) is 44.0 Å². The molecule has 0 fully saturated rings. The second-order valence-corrected chi connectivity index (χ2v) is 7.09. The van der Waals surface area contributed by atoms with E-state index in [1.54, 1.807) is 17.9 Å². The highest BCUT2D eigenvalue weighted by Crippen LogP contribution is 2.16. The third-order valence-electron chi connectivity index (χ3n) is 4.04.